The SMILES string of the molecule is CC1CC(C)CN(C(=O)COC(=O)c2c3c(nc4ccccc24)C(=Cc2ccco2)CC3)C1. The number of carbonyl (C=O) groups excluding carboxylic acids is 2. The molecule has 33 heavy (non-hydrogen) atoms. The minimum Gasteiger partial charge on any atom is -0.465 e. The summed E-state index contributed by atoms with van der Waals surface area (Å²) in [6, 6.07) is 11.3. The van der Waals surface area contributed by atoms with Crippen molar-refractivity contribution in [2.75, 3.05) is 19.7 Å². The maximum Gasteiger partial charge on any atom is 0.339 e. The molecule has 6 heteroatoms. The van der Waals surface area contributed by atoms with Crippen LogP contribution in [-0.2, 0) is 16.0 Å². The summed E-state index contributed by atoms with van der Waals surface area (Å²) in [5.74, 6) is 1.08. The maximum absolute atomic E-state index is 13.3. The van der Waals surface area contributed by atoms with Crippen LogP contribution in [0.25, 0.3) is 22.6 Å². The molecule has 6 nitrogen and oxygen atoms in total. The molecule has 1 saturated heterocycles. The molecule has 2 unspecified atom stereocenters. The van der Waals surface area contributed by atoms with Crippen LogP contribution in [0.4, 0.5) is 0 Å². The van der Waals surface area contributed by atoms with Gasteiger partial charge in [0.25, 0.3) is 5.91 Å². The molecule has 2 atom stereocenters. The van der Waals surface area contributed by atoms with E-state index in [1.807, 2.05) is 47.4 Å². The van der Waals surface area contributed by atoms with Crippen molar-refractivity contribution >= 4 is 34.4 Å². The van der Waals surface area contributed by atoms with Gasteiger partial charge in [-0.2, -0.15) is 0 Å². The van der Waals surface area contributed by atoms with Gasteiger partial charge in [-0.15, -0.1) is 0 Å². The third-order valence-corrected chi connectivity index (χ3v) is 6.55. The molecule has 3 aromatic rings. The standard InChI is InChI=1S/C27H28N2O4/c1-17-12-18(2)15-29(14-17)24(30)16-33-27(31)25-21-7-3-4-8-23(21)28-26-19(9-10-22(25)26)13-20-6-5-11-32-20/h3-8,11,13,17-18H,9-10,12,14-16H2,1-2H3. The fraction of sp³-hybridized carbons (Fsp3) is 0.370. The number of para-hydroxylation sites is 1. The number of furan rings is 1. The Bertz CT molecular complexity index is 1220. The van der Waals surface area contributed by atoms with E-state index in [2.05, 4.69) is 13.8 Å². The molecule has 0 spiro atoms. The lowest BCUT2D eigenvalue weighted by molar-refractivity contribution is -0.137. The van der Waals surface area contributed by atoms with E-state index in [0.29, 0.717) is 23.8 Å². The molecule has 0 N–H and O–H groups in total. The first kappa shape index (κ1) is 21.4. The molecule has 0 bridgehead atoms. The van der Waals surface area contributed by atoms with Crippen molar-refractivity contribution in [1.82, 2.24) is 9.88 Å². The smallest absolute Gasteiger partial charge is 0.339 e. The number of fused-ring (bicyclic) bond motifs is 2. The van der Waals surface area contributed by atoms with Crippen LogP contribution in [-0.4, -0.2) is 41.5 Å². The number of hydrogen-bond acceptors (Lipinski definition) is 5. The van der Waals surface area contributed by atoms with Crippen molar-refractivity contribution < 1.29 is 18.7 Å². The Morgan fingerprint density at radius 3 is 2.67 bits per heavy atom. The largest absolute Gasteiger partial charge is 0.465 e. The molecule has 1 fully saturated rings. The fourth-order valence-corrected chi connectivity index (χ4v) is 5.21. The van der Waals surface area contributed by atoms with Gasteiger partial charge in [0.15, 0.2) is 6.61 Å². The zero-order chi connectivity index (χ0) is 22.9. The quantitative estimate of drug-likeness (QED) is 0.531. The Hall–Kier alpha value is -3.41. The molecule has 0 saturated carbocycles. The number of carbonyl (C=O) groups is 2. The van der Waals surface area contributed by atoms with E-state index in [4.69, 9.17) is 14.1 Å². The number of hydrogen-bond donors (Lipinski definition) is 0. The number of rotatable bonds is 4. The Kier molecular flexibility index (Phi) is 5.75. The van der Waals surface area contributed by atoms with Crippen molar-refractivity contribution in [2.24, 2.45) is 11.8 Å². The number of amides is 1. The summed E-state index contributed by atoms with van der Waals surface area (Å²) >= 11 is 0. The van der Waals surface area contributed by atoms with Crippen LogP contribution in [0.3, 0.4) is 0 Å². The summed E-state index contributed by atoms with van der Waals surface area (Å²) in [5, 5.41) is 0.758. The van der Waals surface area contributed by atoms with Crippen LogP contribution < -0.4 is 0 Å². The molecule has 3 heterocycles. The number of aromatic nitrogens is 1. The minimum atomic E-state index is -0.462. The molecule has 2 aromatic heterocycles. The summed E-state index contributed by atoms with van der Waals surface area (Å²) in [6.07, 6.45) is 6.19. The molecular formula is C27H28N2O4. The topological polar surface area (TPSA) is 72.6 Å². The first-order valence-corrected chi connectivity index (χ1v) is 11.6. The van der Waals surface area contributed by atoms with Gasteiger partial charge in [0.05, 0.1) is 23.0 Å². The molecule has 1 aliphatic carbocycles. The van der Waals surface area contributed by atoms with Crippen LogP contribution >= 0.6 is 0 Å². The van der Waals surface area contributed by atoms with E-state index in [-0.39, 0.29) is 12.5 Å². The zero-order valence-electron chi connectivity index (χ0n) is 19.0. The maximum atomic E-state index is 13.3. The Morgan fingerprint density at radius 1 is 1.12 bits per heavy atom. The molecule has 1 aliphatic heterocycles. The molecule has 5 rings (SSSR count). The minimum absolute atomic E-state index is 0.129. The second-order valence-corrected chi connectivity index (χ2v) is 9.34. The van der Waals surface area contributed by atoms with Gasteiger partial charge in [-0.1, -0.05) is 32.0 Å². The summed E-state index contributed by atoms with van der Waals surface area (Å²) < 4.78 is 11.1. The van der Waals surface area contributed by atoms with E-state index in [0.717, 1.165) is 59.4 Å². The summed E-state index contributed by atoms with van der Waals surface area (Å²) in [7, 11) is 0. The van der Waals surface area contributed by atoms with Gasteiger partial charge in [0.1, 0.15) is 5.76 Å². The van der Waals surface area contributed by atoms with E-state index >= 15 is 0 Å². The first-order chi connectivity index (χ1) is 16.0. The number of piperidine rings is 1. The Morgan fingerprint density at radius 2 is 1.91 bits per heavy atom. The highest BCUT2D eigenvalue weighted by Crippen LogP contribution is 2.37. The van der Waals surface area contributed by atoms with Gasteiger partial charge >= 0.3 is 5.97 Å². The fourth-order valence-electron chi connectivity index (χ4n) is 5.21. The van der Waals surface area contributed by atoms with E-state index < -0.39 is 5.97 Å². The number of benzene rings is 1. The monoisotopic (exact) mass is 444 g/mol. The highest BCUT2D eigenvalue weighted by molar-refractivity contribution is 6.07. The molecule has 1 aromatic carbocycles. The van der Waals surface area contributed by atoms with Crippen molar-refractivity contribution in [3.63, 3.8) is 0 Å². The van der Waals surface area contributed by atoms with Crippen molar-refractivity contribution in [2.45, 2.75) is 33.1 Å². The zero-order valence-corrected chi connectivity index (χ0v) is 19.0. The van der Waals surface area contributed by atoms with E-state index in [9.17, 15) is 9.59 Å². The lowest BCUT2D eigenvalue weighted by Gasteiger charge is -2.34. The summed E-state index contributed by atoms with van der Waals surface area (Å²) in [4.78, 5) is 32.7. The van der Waals surface area contributed by atoms with E-state index in [1.165, 1.54) is 0 Å². The van der Waals surface area contributed by atoms with Gasteiger partial charge in [0.2, 0.25) is 0 Å². The first-order valence-electron chi connectivity index (χ1n) is 11.6. The lowest BCUT2D eigenvalue weighted by atomic mass is 9.92. The summed E-state index contributed by atoms with van der Waals surface area (Å²) in [5.41, 5.74) is 3.98. The van der Waals surface area contributed by atoms with Gasteiger partial charge in [-0.3, -0.25) is 4.79 Å². The molecule has 170 valence electrons. The third-order valence-electron chi connectivity index (χ3n) is 6.55. The number of allylic oxidation sites excluding steroid dienone is 1. The summed E-state index contributed by atoms with van der Waals surface area (Å²) in [6.45, 7) is 5.51. The lowest BCUT2D eigenvalue weighted by Crippen LogP contribution is -2.44. The molecule has 2 aliphatic rings. The van der Waals surface area contributed by atoms with E-state index in [1.54, 1.807) is 6.26 Å². The number of likely N-dealkylation sites (tertiary alicyclic amines) is 1. The van der Waals surface area contributed by atoms with Crippen molar-refractivity contribution in [1.29, 1.82) is 0 Å². The number of nitrogens with zero attached hydrogens (tertiary/aromatic N) is 2. The molecule has 1 amide bonds. The average molecular weight is 445 g/mol. The average Bonchev–Trinajstić information content (AvgIpc) is 3.45. The van der Waals surface area contributed by atoms with Crippen LogP contribution in [0.15, 0.2) is 47.1 Å². The van der Waals surface area contributed by atoms with Crippen LogP contribution in [0.5, 0.6) is 0 Å². The van der Waals surface area contributed by atoms with Gasteiger partial charge in [-0.25, -0.2) is 9.78 Å². The van der Waals surface area contributed by atoms with Gasteiger partial charge in [0, 0.05) is 18.5 Å². The third kappa shape index (κ3) is 4.30. The second-order valence-electron chi connectivity index (χ2n) is 9.34. The highest BCUT2D eigenvalue weighted by Gasteiger charge is 2.30. The number of esters is 1. The number of ether oxygens (including phenoxy) is 1. The van der Waals surface area contributed by atoms with Gasteiger partial charge < -0.3 is 14.1 Å². The number of pyridine rings is 1. The Balaban J connectivity index is 1.43. The van der Waals surface area contributed by atoms with Crippen molar-refractivity contribution in [3.05, 3.63) is 65.2 Å². The van der Waals surface area contributed by atoms with Crippen LogP contribution in [0.1, 0.15) is 54.1 Å². The normalized spacial score (nSPS) is 21.4. The highest BCUT2D eigenvalue weighted by atomic mass is 16.5. The van der Waals surface area contributed by atoms with Crippen molar-refractivity contribution in [3.8, 4) is 0 Å². The van der Waals surface area contributed by atoms with Crippen LogP contribution in [0, 0.1) is 11.8 Å². The van der Waals surface area contributed by atoms with Gasteiger partial charge in [-0.05, 0) is 66.5 Å². The second kappa shape index (κ2) is 8.85. The van der Waals surface area contributed by atoms with Crippen LogP contribution in [0.2, 0.25) is 0 Å². The predicted molar refractivity (Wildman–Crippen MR) is 126 cm³/mol. The Labute approximate surface area is 193 Å². The molecular weight excluding hydrogens is 416 g/mol. The predicted octanol–water partition coefficient (Wildman–Crippen LogP) is 4.98. The molecule has 0 radical (unpaired) electrons.